The molecule has 3 heteroatoms. The van der Waals surface area contributed by atoms with Gasteiger partial charge in [0.1, 0.15) is 5.75 Å². The van der Waals surface area contributed by atoms with Crippen LogP contribution in [0.2, 0.25) is 0 Å². The Labute approximate surface area is 109 Å². The van der Waals surface area contributed by atoms with Crippen LogP contribution in [0.15, 0.2) is 24.3 Å². The molecule has 0 unspecified atom stereocenters. The lowest BCUT2D eigenvalue weighted by molar-refractivity contribution is 0.0171. The highest BCUT2D eigenvalue weighted by atomic mass is 16.5. The fourth-order valence-corrected chi connectivity index (χ4v) is 1.61. The highest BCUT2D eigenvalue weighted by Crippen LogP contribution is 2.24. The molecular weight excluding hydrogens is 228 g/mol. The number of methoxy groups -OCH3 is 1. The van der Waals surface area contributed by atoms with Gasteiger partial charge in [0.15, 0.2) is 5.78 Å². The summed E-state index contributed by atoms with van der Waals surface area (Å²) in [4.78, 5) is 12.3. The van der Waals surface area contributed by atoms with Crippen LogP contribution in [0.25, 0.3) is 0 Å². The summed E-state index contributed by atoms with van der Waals surface area (Å²) in [6.45, 7) is 7.69. The van der Waals surface area contributed by atoms with Crippen molar-refractivity contribution in [3.8, 4) is 5.75 Å². The van der Waals surface area contributed by atoms with Crippen molar-refractivity contribution in [1.29, 1.82) is 0 Å². The molecule has 0 amide bonds. The summed E-state index contributed by atoms with van der Waals surface area (Å²) < 4.78 is 10.9. The summed E-state index contributed by atoms with van der Waals surface area (Å²) in [5.74, 6) is 0.683. The van der Waals surface area contributed by atoms with E-state index in [1.807, 2.05) is 45.9 Å². The third kappa shape index (κ3) is 4.15. The molecule has 0 radical (unpaired) electrons. The van der Waals surface area contributed by atoms with Gasteiger partial charge in [0.25, 0.3) is 0 Å². The van der Waals surface area contributed by atoms with Crippen molar-refractivity contribution in [2.45, 2.75) is 45.8 Å². The maximum absolute atomic E-state index is 12.3. The first-order valence-electron chi connectivity index (χ1n) is 6.20. The minimum absolute atomic E-state index is 0.0399. The van der Waals surface area contributed by atoms with Crippen LogP contribution in [0.3, 0.4) is 0 Å². The van der Waals surface area contributed by atoms with Gasteiger partial charge in [0.2, 0.25) is 0 Å². The number of Topliss-reactive ketones (excluding diaryl/α,β-unsaturated/α-hetero) is 1. The lowest BCUT2D eigenvalue weighted by Crippen LogP contribution is -2.26. The van der Waals surface area contributed by atoms with Crippen LogP contribution < -0.4 is 4.74 Å². The molecule has 0 aliphatic rings. The van der Waals surface area contributed by atoms with Crippen LogP contribution in [-0.4, -0.2) is 24.6 Å². The first-order valence-corrected chi connectivity index (χ1v) is 6.20. The maximum atomic E-state index is 12.3. The number of benzene rings is 1. The molecule has 1 aromatic carbocycles. The van der Waals surface area contributed by atoms with Gasteiger partial charge in [0.05, 0.1) is 17.3 Å². The smallest absolute Gasteiger partial charge is 0.169 e. The van der Waals surface area contributed by atoms with Crippen molar-refractivity contribution in [1.82, 2.24) is 0 Å². The second-order valence-corrected chi connectivity index (χ2v) is 5.23. The fraction of sp³-hybridized carbons (Fsp3) is 0.533. The Bertz CT molecular complexity index is 408. The summed E-state index contributed by atoms with van der Waals surface area (Å²) in [6.07, 6.45) is 0.386. The van der Waals surface area contributed by atoms with Crippen LogP contribution in [-0.2, 0) is 4.74 Å². The van der Waals surface area contributed by atoms with Gasteiger partial charge in [-0.15, -0.1) is 0 Å². The topological polar surface area (TPSA) is 35.5 Å². The molecule has 0 N–H and O–H groups in total. The molecule has 1 aromatic rings. The normalized spacial score (nSPS) is 11.7. The molecular formula is C15H22O3. The van der Waals surface area contributed by atoms with Crippen molar-refractivity contribution in [2.75, 3.05) is 7.11 Å². The number of hydrogen-bond acceptors (Lipinski definition) is 3. The fourth-order valence-electron chi connectivity index (χ4n) is 1.61. The van der Waals surface area contributed by atoms with Gasteiger partial charge in [-0.25, -0.2) is 0 Å². The van der Waals surface area contributed by atoms with Gasteiger partial charge < -0.3 is 9.47 Å². The molecule has 0 heterocycles. The number of hydrogen-bond donors (Lipinski definition) is 0. The van der Waals surface area contributed by atoms with Crippen LogP contribution in [0, 0.1) is 0 Å². The summed E-state index contributed by atoms with van der Waals surface area (Å²) in [5, 5.41) is 0. The monoisotopic (exact) mass is 250 g/mol. The van der Waals surface area contributed by atoms with Gasteiger partial charge in [-0.1, -0.05) is 12.1 Å². The van der Waals surface area contributed by atoms with Crippen LogP contribution in [0.4, 0.5) is 0 Å². The van der Waals surface area contributed by atoms with E-state index < -0.39 is 5.60 Å². The van der Waals surface area contributed by atoms with Gasteiger partial charge >= 0.3 is 0 Å². The van der Waals surface area contributed by atoms with E-state index in [9.17, 15) is 4.79 Å². The Morgan fingerprint density at radius 2 is 1.89 bits per heavy atom. The first-order chi connectivity index (χ1) is 8.35. The van der Waals surface area contributed by atoms with E-state index in [1.165, 1.54) is 0 Å². The molecule has 0 fully saturated rings. The van der Waals surface area contributed by atoms with Crippen molar-refractivity contribution in [3.63, 3.8) is 0 Å². The molecule has 0 saturated carbocycles. The SMILES string of the molecule is COC(C)(C)CC(=O)c1ccccc1OC(C)C. The second-order valence-electron chi connectivity index (χ2n) is 5.23. The molecule has 0 atom stereocenters. The molecule has 0 aliphatic carbocycles. The molecule has 0 saturated heterocycles. The van der Waals surface area contributed by atoms with Gasteiger partial charge in [-0.3, -0.25) is 4.79 Å². The lowest BCUT2D eigenvalue weighted by atomic mass is 9.97. The number of rotatable bonds is 6. The Morgan fingerprint density at radius 1 is 1.28 bits per heavy atom. The number of carbonyl (C=O) groups excluding carboxylic acids is 1. The van der Waals surface area contributed by atoms with Crippen molar-refractivity contribution >= 4 is 5.78 Å². The summed E-state index contributed by atoms with van der Waals surface area (Å²) in [7, 11) is 1.61. The highest BCUT2D eigenvalue weighted by molar-refractivity contribution is 5.99. The molecule has 0 bridgehead atoms. The number of carbonyl (C=O) groups is 1. The zero-order valence-electron chi connectivity index (χ0n) is 11.8. The van der Waals surface area contributed by atoms with Gasteiger partial charge in [-0.2, -0.15) is 0 Å². The van der Waals surface area contributed by atoms with E-state index in [1.54, 1.807) is 13.2 Å². The van der Waals surface area contributed by atoms with Gasteiger partial charge in [-0.05, 0) is 39.8 Å². The predicted octanol–water partition coefficient (Wildman–Crippen LogP) is 3.47. The Balaban J connectivity index is 2.92. The maximum Gasteiger partial charge on any atom is 0.169 e. The molecule has 100 valence electrons. The largest absolute Gasteiger partial charge is 0.490 e. The molecule has 1 rings (SSSR count). The van der Waals surface area contributed by atoms with E-state index >= 15 is 0 Å². The zero-order valence-corrected chi connectivity index (χ0v) is 11.8. The van der Waals surface area contributed by atoms with E-state index in [0.29, 0.717) is 17.7 Å². The van der Waals surface area contributed by atoms with E-state index in [4.69, 9.17) is 9.47 Å². The third-order valence-corrected chi connectivity index (χ3v) is 2.69. The van der Waals surface area contributed by atoms with E-state index in [2.05, 4.69) is 0 Å². The molecule has 18 heavy (non-hydrogen) atoms. The molecule has 3 nitrogen and oxygen atoms in total. The van der Waals surface area contributed by atoms with Crippen molar-refractivity contribution in [3.05, 3.63) is 29.8 Å². The average molecular weight is 250 g/mol. The number of ketones is 1. The second kappa shape index (κ2) is 6.01. The Hall–Kier alpha value is -1.35. The number of ether oxygens (including phenoxy) is 2. The Kier molecular flexibility index (Phi) is 4.91. The van der Waals surface area contributed by atoms with E-state index in [-0.39, 0.29) is 11.9 Å². The summed E-state index contributed by atoms with van der Waals surface area (Å²) in [6, 6.07) is 7.34. The molecule has 0 aliphatic heterocycles. The lowest BCUT2D eigenvalue weighted by Gasteiger charge is -2.22. The zero-order chi connectivity index (χ0) is 13.8. The molecule has 0 spiro atoms. The summed E-state index contributed by atoms with van der Waals surface area (Å²) >= 11 is 0. The van der Waals surface area contributed by atoms with Crippen molar-refractivity contribution < 1.29 is 14.3 Å². The third-order valence-electron chi connectivity index (χ3n) is 2.69. The predicted molar refractivity (Wildman–Crippen MR) is 72.2 cm³/mol. The minimum Gasteiger partial charge on any atom is -0.490 e. The van der Waals surface area contributed by atoms with Gasteiger partial charge in [0, 0.05) is 13.5 Å². The quantitative estimate of drug-likeness (QED) is 0.725. The minimum atomic E-state index is -0.456. The number of para-hydroxylation sites is 1. The summed E-state index contributed by atoms with van der Waals surface area (Å²) in [5.41, 5.74) is 0.165. The molecule has 0 aromatic heterocycles. The van der Waals surface area contributed by atoms with Crippen LogP contribution >= 0.6 is 0 Å². The standard InChI is InChI=1S/C15H22O3/c1-11(2)18-14-9-7-6-8-12(14)13(16)10-15(3,4)17-5/h6-9,11H,10H2,1-5H3. The van der Waals surface area contributed by atoms with Crippen LogP contribution in [0.1, 0.15) is 44.5 Å². The highest BCUT2D eigenvalue weighted by Gasteiger charge is 2.23. The van der Waals surface area contributed by atoms with Crippen molar-refractivity contribution in [2.24, 2.45) is 0 Å². The first kappa shape index (κ1) is 14.7. The average Bonchev–Trinajstić information content (AvgIpc) is 2.28. The van der Waals surface area contributed by atoms with Crippen LogP contribution in [0.5, 0.6) is 5.75 Å². The Morgan fingerprint density at radius 3 is 2.44 bits per heavy atom. The van der Waals surface area contributed by atoms with E-state index in [0.717, 1.165) is 0 Å².